The van der Waals surface area contributed by atoms with Crippen LogP contribution >= 0.6 is 0 Å². The second-order valence-corrected chi connectivity index (χ2v) is 3.97. The lowest BCUT2D eigenvalue weighted by Gasteiger charge is -2.33. The van der Waals surface area contributed by atoms with Gasteiger partial charge in [-0.25, -0.2) is 0 Å². The summed E-state index contributed by atoms with van der Waals surface area (Å²) in [5.74, 6) is 1.61. The van der Waals surface area contributed by atoms with Crippen molar-refractivity contribution in [1.82, 2.24) is 0 Å². The van der Waals surface area contributed by atoms with Gasteiger partial charge in [-0.15, -0.1) is 0 Å². The van der Waals surface area contributed by atoms with Crippen molar-refractivity contribution >= 4 is 0 Å². The van der Waals surface area contributed by atoms with Gasteiger partial charge in [0, 0.05) is 7.11 Å². The van der Waals surface area contributed by atoms with Crippen LogP contribution in [0.25, 0.3) is 0 Å². The van der Waals surface area contributed by atoms with Crippen molar-refractivity contribution in [1.29, 1.82) is 0 Å². The highest BCUT2D eigenvalue weighted by atomic mass is 16.5. The molecule has 11 heavy (non-hydrogen) atoms. The molecular formula is C10H20O. The Kier molecular flexibility index (Phi) is 3.38. The Morgan fingerprint density at radius 1 is 1.18 bits per heavy atom. The normalized spacial score (nSPS) is 32.7. The Balaban J connectivity index is 2.44. The summed E-state index contributed by atoms with van der Waals surface area (Å²) >= 11 is 0. The topological polar surface area (TPSA) is 9.23 Å². The van der Waals surface area contributed by atoms with Crippen molar-refractivity contribution in [2.45, 2.75) is 45.6 Å². The number of ether oxygens (including phenoxy) is 1. The summed E-state index contributed by atoms with van der Waals surface area (Å²) in [4.78, 5) is 0. The summed E-state index contributed by atoms with van der Waals surface area (Å²) < 4.78 is 5.47. The van der Waals surface area contributed by atoms with Crippen LogP contribution in [0.5, 0.6) is 0 Å². The maximum atomic E-state index is 5.47. The number of hydrogen-bond donors (Lipinski definition) is 0. The third-order valence-corrected chi connectivity index (χ3v) is 2.91. The van der Waals surface area contributed by atoms with Crippen LogP contribution in [0.3, 0.4) is 0 Å². The van der Waals surface area contributed by atoms with Crippen molar-refractivity contribution in [2.75, 3.05) is 7.11 Å². The SMILES string of the molecule is CO[C@@H]1CCCC[C@@H]1C(C)C. The van der Waals surface area contributed by atoms with Crippen LogP contribution in [0, 0.1) is 11.8 Å². The van der Waals surface area contributed by atoms with E-state index in [1.165, 1.54) is 25.7 Å². The molecule has 0 radical (unpaired) electrons. The predicted molar refractivity (Wildman–Crippen MR) is 47.6 cm³/mol. The number of methoxy groups -OCH3 is 1. The first kappa shape index (κ1) is 9.05. The minimum absolute atomic E-state index is 0.545. The van der Waals surface area contributed by atoms with Gasteiger partial charge in [0.15, 0.2) is 0 Å². The highest BCUT2D eigenvalue weighted by molar-refractivity contribution is 4.77. The molecule has 1 rings (SSSR count). The van der Waals surface area contributed by atoms with Gasteiger partial charge in [0.1, 0.15) is 0 Å². The van der Waals surface area contributed by atoms with Crippen LogP contribution in [-0.2, 0) is 4.74 Å². The maximum absolute atomic E-state index is 5.47. The molecule has 0 spiro atoms. The van der Waals surface area contributed by atoms with Gasteiger partial charge in [-0.05, 0) is 24.7 Å². The lowest BCUT2D eigenvalue weighted by atomic mass is 9.79. The zero-order chi connectivity index (χ0) is 8.27. The highest BCUT2D eigenvalue weighted by Gasteiger charge is 2.26. The standard InChI is InChI=1S/C10H20O/c1-8(2)9-6-4-5-7-10(9)11-3/h8-10H,4-7H2,1-3H3/t9-,10-/m1/s1. The van der Waals surface area contributed by atoms with Crippen molar-refractivity contribution < 1.29 is 4.74 Å². The number of hydrogen-bond acceptors (Lipinski definition) is 1. The molecule has 0 aromatic rings. The average Bonchev–Trinajstić information content (AvgIpc) is 2.04. The minimum Gasteiger partial charge on any atom is -0.381 e. The van der Waals surface area contributed by atoms with E-state index in [1.54, 1.807) is 0 Å². The van der Waals surface area contributed by atoms with Gasteiger partial charge in [0.25, 0.3) is 0 Å². The molecule has 0 saturated heterocycles. The fourth-order valence-electron chi connectivity index (χ4n) is 2.18. The van der Waals surface area contributed by atoms with Gasteiger partial charge in [-0.2, -0.15) is 0 Å². The molecule has 2 atom stereocenters. The second kappa shape index (κ2) is 4.10. The molecule has 1 aliphatic carbocycles. The van der Waals surface area contributed by atoms with Gasteiger partial charge >= 0.3 is 0 Å². The molecule has 66 valence electrons. The molecule has 1 fully saturated rings. The molecule has 0 aromatic carbocycles. The third-order valence-electron chi connectivity index (χ3n) is 2.91. The second-order valence-electron chi connectivity index (χ2n) is 3.97. The molecule has 0 aliphatic heterocycles. The van der Waals surface area contributed by atoms with Crippen molar-refractivity contribution in [3.63, 3.8) is 0 Å². The smallest absolute Gasteiger partial charge is 0.0601 e. The maximum Gasteiger partial charge on any atom is 0.0601 e. The molecule has 0 N–H and O–H groups in total. The van der Waals surface area contributed by atoms with Crippen molar-refractivity contribution in [3.05, 3.63) is 0 Å². The summed E-state index contributed by atoms with van der Waals surface area (Å²) in [6.45, 7) is 4.62. The van der Waals surface area contributed by atoms with Gasteiger partial charge in [0.2, 0.25) is 0 Å². The minimum atomic E-state index is 0.545. The van der Waals surface area contributed by atoms with E-state index in [1.807, 2.05) is 7.11 Å². The van der Waals surface area contributed by atoms with Crippen LogP contribution in [0.4, 0.5) is 0 Å². The van der Waals surface area contributed by atoms with E-state index in [0.717, 1.165) is 11.8 Å². The lowest BCUT2D eigenvalue weighted by molar-refractivity contribution is 0.00526. The quantitative estimate of drug-likeness (QED) is 0.597. The fourth-order valence-corrected chi connectivity index (χ4v) is 2.18. The summed E-state index contributed by atoms with van der Waals surface area (Å²) in [6, 6.07) is 0. The fraction of sp³-hybridized carbons (Fsp3) is 1.00. The Bertz CT molecular complexity index is 109. The molecule has 0 heterocycles. The van der Waals surface area contributed by atoms with E-state index < -0.39 is 0 Å². The van der Waals surface area contributed by atoms with E-state index >= 15 is 0 Å². The molecule has 1 heteroatoms. The first-order valence-corrected chi connectivity index (χ1v) is 4.78. The molecule has 1 aliphatic rings. The third kappa shape index (κ3) is 2.19. The summed E-state index contributed by atoms with van der Waals surface area (Å²) in [7, 11) is 1.85. The molecule has 1 nitrogen and oxygen atoms in total. The zero-order valence-electron chi connectivity index (χ0n) is 7.97. The van der Waals surface area contributed by atoms with Crippen LogP contribution < -0.4 is 0 Å². The molecule has 0 aromatic heterocycles. The van der Waals surface area contributed by atoms with Gasteiger partial charge < -0.3 is 4.74 Å². The van der Waals surface area contributed by atoms with Crippen LogP contribution in [-0.4, -0.2) is 13.2 Å². The highest BCUT2D eigenvalue weighted by Crippen LogP contribution is 2.31. The average molecular weight is 156 g/mol. The van der Waals surface area contributed by atoms with E-state index in [-0.39, 0.29) is 0 Å². The Labute approximate surface area is 70.1 Å². The van der Waals surface area contributed by atoms with Crippen LogP contribution in [0.15, 0.2) is 0 Å². The van der Waals surface area contributed by atoms with Crippen LogP contribution in [0.2, 0.25) is 0 Å². The van der Waals surface area contributed by atoms with Gasteiger partial charge in [-0.3, -0.25) is 0 Å². The molecule has 0 bridgehead atoms. The Morgan fingerprint density at radius 3 is 2.27 bits per heavy atom. The first-order valence-electron chi connectivity index (χ1n) is 4.78. The van der Waals surface area contributed by atoms with Crippen molar-refractivity contribution in [2.24, 2.45) is 11.8 Å². The number of rotatable bonds is 2. The summed E-state index contributed by atoms with van der Waals surface area (Å²) in [6.07, 6.45) is 5.96. The molecule has 1 saturated carbocycles. The first-order chi connectivity index (χ1) is 5.25. The largest absolute Gasteiger partial charge is 0.381 e. The van der Waals surface area contributed by atoms with Gasteiger partial charge in [0.05, 0.1) is 6.10 Å². The lowest BCUT2D eigenvalue weighted by Crippen LogP contribution is -2.30. The van der Waals surface area contributed by atoms with Crippen LogP contribution in [0.1, 0.15) is 39.5 Å². The Hall–Kier alpha value is -0.0400. The summed E-state index contributed by atoms with van der Waals surface area (Å²) in [5, 5.41) is 0. The predicted octanol–water partition coefficient (Wildman–Crippen LogP) is 2.85. The molecule has 0 unspecified atom stereocenters. The molecule has 0 amide bonds. The van der Waals surface area contributed by atoms with Gasteiger partial charge in [-0.1, -0.05) is 26.7 Å². The van der Waals surface area contributed by atoms with E-state index in [9.17, 15) is 0 Å². The van der Waals surface area contributed by atoms with Crippen molar-refractivity contribution in [3.8, 4) is 0 Å². The summed E-state index contributed by atoms with van der Waals surface area (Å²) in [5.41, 5.74) is 0. The van der Waals surface area contributed by atoms with E-state index in [4.69, 9.17) is 4.74 Å². The molecular weight excluding hydrogens is 136 g/mol. The van der Waals surface area contributed by atoms with E-state index in [0.29, 0.717) is 6.10 Å². The monoisotopic (exact) mass is 156 g/mol. The Morgan fingerprint density at radius 2 is 1.82 bits per heavy atom. The zero-order valence-corrected chi connectivity index (χ0v) is 7.97. The van der Waals surface area contributed by atoms with E-state index in [2.05, 4.69) is 13.8 Å².